The number of carboxylic acid groups (broad SMARTS) is 1. The summed E-state index contributed by atoms with van der Waals surface area (Å²) in [6, 6.07) is 13.4. The van der Waals surface area contributed by atoms with E-state index in [0.717, 1.165) is 23.9 Å². The maximum absolute atomic E-state index is 11.6. The van der Waals surface area contributed by atoms with E-state index in [4.69, 9.17) is 4.74 Å². The number of hydrogen-bond acceptors (Lipinski definition) is 2. The second kappa shape index (κ2) is 6.79. The number of aryl methyl sites for hydroxylation is 1. The van der Waals surface area contributed by atoms with Crippen molar-refractivity contribution >= 4 is 16.9 Å². The van der Waals surface area contributed by atoms with Crippen LogP contribution in [0.1, 0.15) is 34.8 Å². The van der Waals surface area contributed by atoms with Crippen LogP contribution in [0.15, 0.2) is 48.7 Å². The zero-order valence-electron chi connectivity index (χ0n) is 14.0. The summed E-state index contributed by atoms with van der Waals surface area (Å²) in [6.07, 6.45) is 3.71. The standard InChI is InChI=1S/C20H21NO3/c1-3-11-21-13-14(15-7-4-5-9-18(15)21)12-17-16(20(22)23)8-6-10-19(17)24-2/h4-10,13H,3,11-12H2,1-2H3,(H,22,23). The van der Waals surface area contributed by atoms with Crippen molar-refractivity contribution in [3.8, 4) is 5.75 Å². The van der Waals surface area contributed by atoms with Crippen LogP contribution in [0.3, 0.4) is 0 Å². The van der Waals surface area contributed by atoms with E-state index in [-0.39, 0.29) is 0 Å². The van der Waals surface area contributed by atoms with E-state index in [1.807, 2.05) is 18.2 Å². The maximum atomic E-state index is 11.6. The minimum Gasteiger partial charge on any atom is -0.496 e. The van der Waals surface area contributed by atoms with Crippen LogP contribution in [0.4, 0.5) is 0 Å². The van der Waals surface area contributed by atoms with Crippen molar-refractivity contribution in [3.63, 3.8) is 0 Å². The number of aromatic nitrogens is 1. The number of aromatic carboxylic acids is 1. The Bertz CT molecular complexity index is 880. The Labute approximate surface area is 141 Å². The number of fused-ring (bicyclic) bond motifs is 1. The SMILES string of the molecule is CCCn1cc(Cc2c(OC)cccc2C(=O)O)c2ccccc21. The van der Waals surface area contributed by atoms with Crippen LogP contribution >= 0.6 is 0 Å². The first-order valence-corrected chi connectivity index (χ1v) is 8.11. The van der Waals surface area contributed by atoms with Gasteiger partial charge in [0.2, 0.25) is 0 Å². The highest BCUT2D eigenvalue weighted by atomic mass is 16.5. The van der Waals surface area contributed by atoms with Gasteiger partial charge in [-0.2, -0.15) is 0 Å². The first-order chi connectivity index (χ1) is 11.7. The number of rotatable bonds is 6. The van der Waals surface area contributed by atoms with E-state index < -0.39 is 5.97 Å². The Hall–Kier alpha value is -2.75. The van der Waals surface area contributed by atoms with Crippen molar-refractivity contribution in [2.45, 2.75) is 26.3 Å². The highest BCUT2D eigenvalue weighted by Gasteiger charge is 2.17. The molecule has 0 spiro atoms. The summed E-state index contributed by atoms with van der Waals surface area (Å²) in [5, 5.41) is 10.7. The van der Waals surface area contributed by atoms with E-state index in [0.29, 0.717) is 23.3 Å². The van der Waals surface area contributed by atoms with Crippen LogP contribution in [0.25, 0.3) is 10.9 Å². The molecule has 0 amide bonds. The molecule has 0 radical (unpaired) electrons. The average molecular weight is 323 g/mol. The Kier molecular flexibility index (Phi) is 4.56. The molecule has 3 rings (SSSR count). The first kappa shape index (κ1) is 16.1. The van der Waals surface area contributed by atoms with E-state index in [1.54, 1.807) is 19.2 Å². The molecule has 0 atom stereocenters. The van der Waals surface area contributed by atoms with Gasteiger partial charge in [0.25, 0.3) is 0 Å². The number of carboxylic acids is 1. The predicted molar refractivity (Wildman–Crippen MR) is 95.0 cm³/mol. The summed E-state index contributed by atoms with van der Waals surface area (Å²) >= 11 is 0. The van der Waals surface area contributed by atoms with Crippen molar-refractivity contribution < 1.29 is 14.6 Å². The van der Waals surface area contributed by atoms with Crippen molar-refractivity contribution in [3.05, 3.63) is 65.4 Å². The number of ether oxygens (including phenoxy) is 1. The molecule has 0 unspecified atom stereocenters. The molecule has 3 aromatic rings. The Morgan fingerprint density at radius 3 is 2.67 bits per heavy atom. The maximum Gasteiger partial charge on any atom is 0.336 e. The van der Waals surface area contributed by atoms with Gasteiger partial charge in [0.1, 0.15) is 5.75 Å². The molecule has 0 saturated carbocycles. The van der Waals surface area contributed by atoms with Gasteiger partial charge in [-0.1, -0.05) is 31.2 Å². The van der Waals surface area contributed by atoms with Gasteiger partial charge in [-0.05, 0) is 30.2 Å². The van der Waals surface area contributed by atoms with Crippen molar-refractivity contribution in [2.75, 3.05) is 7.11 Å². The molecule has 1 heterocycles. The summed E-state index contributed by atoms with van der Waals surface area (Å²) in [7, 11) is 1.57. The second-order valence-corrected chi connectivity index (χ2v) is 5.83. The van der Waals surface area contributed by atoms with Gasteiger partial charge in [0.05, 0.1) is 12.7 Å². The summed E-state index contributed by atoms with van der Waals surface area (Å²) in [4.78, 5) is 11.6. The first-order valence-electron chi connectivity index (χ1n) is 8.11. The third kappa shape index (κ3) is 2.87. The molecular formula is C20H21NO3. The van der Waals surface area contributed by atoms with E-state index in [1.165, 1.54) is 5.52 Å². The average Bonchev–Trinajstić information content (AvgIpc) is 2.93. The topological polar surface area (TPSA) is 51.5 Å². The minimum atomic E-state index is -0.929. The highest BCUT2D eigenvalue weighted by Crippen LogP contribution is 2.30. The molecule has 0 fully saturated rings. The molecule has 0 aliphatic rings. The zero-order chi connectivity index (χ0) is 17.1. The minimum absolute atomic E-state index is 0.293. The lowest BCUT2D eigenvalue weighted by molar-refractivity contribution is 0.0695. The molecule has 1 N–H and O–H groups in total. The summed E-state index contributed by atoms with van der Waals surface area (Å²) in [5.41, 5.74) is 3.31. The molecule has 0 bridgehead atoms. The molecule has 0 aliphatic heterocycles. The number of carbonyl (C=O) groups is 1. The van der Waals surface area contributed by atoms with Crippen LogP contribution in [-0.2, 0) is 13.0 Å². The number of methoxy groups -OCH3 is 1. The smallest absolute Gasteiger partial charge is 0.336 e. The third-order valence-electron chi connectivity index (χ3n) is 4.29. The normalized spacial score (nSPS) is 10.9. The van der Waals surface area contributed by atoms with Crippen LogP contribution < -0.4 is 4.74 Å². The molecule has 0 aliphatic carbocycles. The lowest BCUT2D eigenvalue weighted by atomic mass is 9.98. The Morgan fingerprint density at radius 2 is 1.96 bits per heavy atom. The van der Waals surface area contributed by atoms with Crippen molar-refractivity contribution in [2.24, 2.45) is 0 Å². The Morgan fingerprint density at radius 1 is 1.17 bits per heavy atom. The third-order valence-corrected chi connectivity index (χ3v) is 4.29. The van der Waals surface area contributed by atoms with Crippen LogP contribution in [-0.4, -0.2) is 22.8 Å². The highest BCUT2D eigenvalue weighted by molar-refractivity contribution is 5.91. The molecule has 4 heteroatoms. The molecule has 24 heavy (non-hydrogen) atoms. The van der Waals surface area contributed by atoms with Gasteiger partial charge in [-0.25, -0.2) is 4.79 Å². The number of nitrogens with zero attached hydrogens (tertiary/aromatic N) is 1. The van der Waals surface area contributed by atoms with Crippen LogP contribution in [0.2, 0.25) is 0 Å². The molecule has 4 nitrogen and oxygen atoms in total. The lowest BCUT2D eigenvalue weighted by Gasteiger charge is -2.11. The van der Waals surface area contributed by atoms with Gasteiger partial charge in [0, 0.05) is 35.6 Å². The quantitative estimate of drug-likeness (QED) is 0.734. The molecule has 124 valence electrons. The molecule has 1 aromatic heterocycles. The largest absolute Gasteiger partial charge is 0.496 e. The van der Waals surface area contributed by atoms with E-state index >= 15 is 0 Å². The number of para-hydroxylation sites is 1. The van der Waals surface area contributed by atoms with Gasteiger partial charge in [0.15, 0.2) is 0 Å². The van der Waals surface area contributed by atoms with Crippen LogP contribution in [0, 0.1) is 0 Å². The number of benzene rings is 2. The van der Waals surface area contributed by atoms with Gasteiger partial charge in [-0.15, -0.1) is 0 Å². The summed E-state index contributed by atoms with van der Waals surface area (Å²) in [6.45, 7) is 3.09. The van der Waals surface area contributed by atoms with Crippen molar-refractivity contribution in [1.29, 1.82) is 0 Å². The van der Waals surface area contributed by atoms with Gasteiger partial charge >= 0.3 is 5.97 Å². The fourth-order valence-corrected chi connectivity index (χ4v) is 3.22. The summed E-state index contributed by atoms with van der Waals surface area (Å²) < 4.78 is 7.64. The van der Waals surface area contributed by atoms with E-state index in [9.17, 15) is 9.90 Å². The fourth-order valence-electron chi connectivity index (χ4n) is 3.22. The summed E-state index contributed by atoms with van der Waals surface area (Å²) in [5.74, 6) is -0.316. The second-order valence-electron chi connectivity index (χ2n) is 5.83. The molecular weight excluding hydrogens is 302 g/mol. The lowest BCUT2D eigenvalue weighted by Crippen LogP contribution is -2.05. The van der Waals surface area contributed by atoms with Gasteiger partial charge < -0.3 is 14.4 Å². The van der Waals surface area contributed by atoms with Gasteiger partial charge in [-0.3, -0.25) is 0 Å². The number of hydrogen-bond donors (Lipinski definition) is 1. The monoisotopic (exact) mass is 323 g/mol. The molecule has 0 saturated heterocycles. The zero-order valence-corrected chi connectivity index (χ0v) is 14.0. The fraction of sp³-hybridized carbons (Fsp3) is 0.250. The van der Waals surface area contributed by atoms with Crippen LogP contribution in [0.5, 0.6) is 5.75 Å². The predicted octanol–water partition coefficient (Wildman–Crippen LogP) is 4.35. The van der Waals surface area contributed by atoms with Crippen molar-refractivity contribution in [1.82, 2.24) is 4.57 Å². The Balaban J connectivity index is 2.12. The molecule has 2 aromatic carbocycles. The van der Waals surface area contributed by atoms with E-state index in [2.05, 4.69) is 29.8 Å².